The highest BCUT2D eigenvalue weighted by Crippen LogP contribution is 2.32. The molecule has 0 aromatic rings. The van der Waals surface area contributed by atoms with Crippen molar-refractivity contribution in [1.82, 2.24) is 4.90 Å². The molecule has 15 heavy (non-hydrogen) atoms. The van der Waals surface area contributed by atoms with Gasteiger partial charge in [-0.15, -0.1) is 0 Å². The van der Waals surface area contributed by atoms with E-state index in [1.807, 2.05) is 4.90 Å². The predicted molar refractivity (Wildman–Crippen MR) is 57.9 cm³/mol. The highest BCUT2D eigenvalue weighted by atomic mass is 16.5. The van der Waals surface area contributed by atoms with Gasteiger partial charge in [-0.2, -0.15) is 0 Å². The third-order valence-corrected chi connectivity index (χ3v) is 2.89. The van der Waals surface area contributed by atoms with Gasteiger partial charge in [0.2, 0.25) is 5.91 Å². The minimum atomic E-state index is 0.127. The molecule has 0 fully saturated rings. The number of hydrogen-bond donors (Lipinski definition) is 0. The lowest BCUT2D eigenvalue weighted by Gasteiger charge is -2.14. The average Bonchev–Trinajstić information content (AvgIpc) is 2.63. The molecule has 2 aliphatic rings. The van der Waals surface area contributed by atoms with E-state index in [0.29, 0.717) is 6.54 Å². The molecule has 0 radical (unpaired) electrons. The molecule has 1 aliphatic heterocycles. The van der Waals surface area contributed by atoms with Crippen molar-refractivity contribution < 1.29 is 9.53 Å². The van der Waals surface area contributed by atoms with Crippen LogP contribution in [-0.2, 0) is 9.53 Å². The van der Waals surface area contributed by atoms with E-state index in [1.165, 1.54) is 17.4 Å². The van der Waals surface area contributed by atoms with E-state index in [1.54, 1.807) is 6.92 Å². The molecule has 0 saturated carbocycles. The highest BCUT2D eigenvalue weighted by molar-refractivity contribution is 5.75. The maximum absolute atomic E-state index is 11.3. The molecule has 0 atom stereocenters. The lowest BCUT2D eigenvalue weighted by atomic mass is 9.99. The van der Waals surface area contributed by atoms with E-state index in [-0.39, 0.29) is 5.91 Å². The van der Waals surface area contributed by atoms with Gasteiger partial charge in [-0.25, -0.2) is 0 Å². The topological polar surface area (TPSA) is 29.5 Å². The Bertz CT molecular complexity index is 366. The zero-order valence-electron chi connectivity index (χ0n) is 8.95. The molecule has 0 N–H and O–H groups in total. The quantitative estimate of drug-likeness (QED) is 0.645. The SMILES string of the molecule is C=COC1=CCCC2=C1CN(C(C)=O)C2. The maximum atomic E-state index is 11.3. The number of nitrogens with zero attached hydrogens (tertiary/aromatic N) is 1. The molecule has 0 aromatic heterocycles. The second-order valence-electron chi connectivity index (χ2n) is 3.85. The van der Waals surface area contributed by atoms with Gasteiger partial charge in [-0.3, -0.25) is 4.79 Å². The zero-order valence-corrected chi connectivity index (χ0v) is 8.95. The Morgan fingerprint density at radius 2 is 2.40 bits per heavy atom. The molecule has 1 amide bonds. The largest absolute Gasteiger partial charge is 0.466 e. The van der Waals surface area contributed by atoms with Gasteiger partial charge in [0.1, 0.15) is 5.76 Å². The van der Waals surface area contributed by atoms with Crippen LogP contribution in [0.1, 0.15) is 19.8 Å². The summed E-state index contributed by atoms with van der Waals surface area (Å²) < 4.78 is 5.35. The Morgan fingerprint density at radius 1 is 1.60 bits per heavy atom. The number of carbonyl (C=O) groups is 1. The van der Waals surface area contributed by atoms with Crippen LogP contribution in [0, 0.1) is 0 Å². The van der Waals surface area contributed by atoms with Crippen molar-refractivity contribution in [3.05, 3.63) is 35.8 Å². The number of amides is 1. The molecule has 0 saturated heterocycles. The van der Waals surface area contributed by atoms with Gasteiger partial charge in [0.25, 0.3) is 0 Å². The molecule has 3 nitrogen and oxygen atoms in total. The van der Waals surface area contributed by atoms with Crippen molar-refractivity contribution in [2.75, 3.05) is 13.1 Å². The summed E-state index contributed by atoms with van der Waals surface area (Å²) in [7, 11) is 0. The summed E-state index contributed by atoms with van der Waals surface area (Å²) in [5, 5.41) is 0. The summed E-state index contributed by atoms with van der Waals surface area (Å²) in [6.07, 6.45) is 5.55. The fraction of sp³-hybridized carbons (Fsp3) is 0.417. The van der Waals surface area contributed by atoms with Gasteiger partial charge >= 0.3 is 0 Å². The molecule has 80 valence electrons. The summed E-state index contributed by atoms with van der Waals surface area (Å²) in [6, 6.07) is 0. The second-order valence-corrected chi connectivity index (χ2v) is 3.85. The van der Waals surface area contributed by atoms with E-state index in [4.69, 9.17) is 4.74 Å². The Kier molecular flexibility index (Phi) is 2.62. The van der Waals surface area contributed by atoms with Crippen LogP contribution in [0.3, 0.4) is 0 Å². The zero-order chi connectivity index (χ0) is 10.8. The molecule has 3 heteroatoms. The molecule has 0 unspecified atom stereocenters. The Labute approximate surface area is 89.7 Å². The van der Waals surface area contributed by atoms with Crippen molar-refractivity contribution in [2.45, 2.75) is 19.8 Å². The van der Waals surface area contributed by atoms with Crippen molar-refractivity contribution in [1.29, 1.82) is 0 Å². The van der Waals surface area contributed by atoms with Gasteiger partial charge in [-0.05, 0) is 24.5 Å². The van der Waals surface area contributed by atoms with Gasteiger partial charge in [0.05, 0.1) is 6.26 Å². The van der Waals surface area contributed by atoms with Crippen LogP contribution in [0.15, 0.2) is 35.8 Å². The minimum Gasteiger partial charge on any atom is -0.466 e. The molecule has 0 aromatic carbocycles. The van der Waals surface area contributed by atoms with Crippen LogP contribution < -0.4 is 0 Å². The van der Waals surface area contributed by atoms with Gasteiger partial charge in [0.15, 0.2) is 0 Å². The standard InChI is InChI=1S/C12H15NO2/c1-3-15-12-6-4-5-10-7-13(9(2)14)8-11(10)12/h3,6H,1,4-5,7-8H2,2H3. The molecule has 1 heterocycles. The summed E-state index contributed by atoms with van der Waals surface area (Å²) in [5.41, 5.74) is 2.51. The number of allylic oxidation sites excluding steroid dienone is 1. The Balaban J connectivity index is 2.17. The number of ether oxygens (including phenoxy) is 1. The van der Waals surface area contributed by atoms with Gasteiger partial charge in [0, 0.05) is 25.6 Å². The third kappa shape index (κ3) is 1.82. The van der Waals surface area contributed by atoms with Crippen LogP contribution in [0.2, 0.25) is 0 Å². The summed E-state index contributed by atoms with van der Waals surface area (Å²) >= 11 is 0. The minimum absolute atomic E-state index is 0.127. The van der Waals surface area contributed by atoms with Crippen molar-refractivity contribution in [2.24, 2.45) is 0 Å². The van der Waals surface area contributed by atoms with Crippen LogP contribution in [-0.4, -0.2) is 23.9 Å². The first-order valence-electron chi connectivity index (χ1n) is 5.17. The van der Waals surface area contributed by atoms with Crippen LogP contribution in [0.4, 0.5) is 0 Å². The molecule has 2 rings (SSSR count). The predicted octanol–water partition coefficient (Wildman–Crippen LogP) is 1.98. The first-order valence-corrected chi connectivity index (χ1v) is 5.17. The van der Waals surface area contributed by atoms with Crippen LogP contribution >= 0.6 is 0 Å². The molecule has 0 spiro atoms. The lowest BCUT2D eigenvalue weighted by molar-refractivity contribution is -0.127. The molecular weight excluding hydrogens is 190 g/mol. The first kappa shape index (κ1) is 10.0. The van der Waals surface area contributed by atoms with Crippen molar-refractivity contribution in [3.63, 3.8) is 0 Å². The van der Waals surface area contributed by atoms with Gasteiger partial charge in [-0.1, -0.05) is 6.58 Å². The smallest absolute Gasteiger partial charge is 0.220 e. The van der Waals surface area contributed by atoms with E-state index in [2.05, 4.69) is 12.7 Å². The highest BCUT2D eigenvalue weighted by Gasteiger charge is 2.28. The Morgan fingerprint density at radius 3 is 3.07 bits per heavy atom. The fourth-order valence-corrected chi connectivity index (χ4v) is 2.10. The number of rotatable bonds is 2. The number of carbonyl (C=O) groups excluding carboxylic acids is 1. The van der Waals surface area contributed by atoms with Crippen LogP contribution in [0.5, 0.6) is 0 Å². The van der Waals surface area contributed by atoms with E-state index in [0.717, 1.165) is 25.1 Å². The van der Waals surface area contributed by atoms with E-state index < -0.39 is 0 Å². The summed E-state index contributed by atoms with van der Waals surface area (Å²) in [5.74, 6) is 1.01. The first-order chi connectivity index (χ1) is 7.22. The van der Waals surface area contributed by atoms with Gasteiger partial charge < -0.3 is 9.64 Å². The van der Waals surface area contributed by atoms with Crippen molar-refractivity contribution >= 4 is 5.91 Å². The second kappa shape index (κ2) is 3.93. The summed E-state index contributed by atoms with van der Waals surface area (Å²) in [6.45, 7) is 6.62. The lowest BCUT2D eigenvalue weighted by Crippen LogP contribution is -2.26. The Hall–Kier alpha value is -1.51. The van der Waals surface area contributed by atoms with E-state index >= 15 is 0 Å². The molecule has 1 aliphatic carbocycles. The maximum Gasteiger partial charge on any atom is 0.220 e. The molecule has 0 bridgehead atoms. The summed E-state index contributed by atoms with van der Waals surface area (Å²) in [4.78, 5) is 13.1. The monoisotopic (exact) mass is 205 g/mol. The molecular formula is C12H15NO2. The average molecular weight is 205 g/mol. The van der Waals surface area contributed by atoms with Crippen LogP contribution in [0.25, 0.3) is 0 Å². The van der Waals surface area contributed by atoms with Crippen molar-refractivity contribution in [3.8, 4) is 0 Å². The third-order valence-electron chi connectivity index (χ3n) is 2.89. The number of hydrogen-bond acceptors (Lipinski definition) is 2. The normalized spacial score (nSPS) is 19.8. The fourth-order valence-electron chi connectivity index (χ4n) is 2.10. The van der Waals surface area contributed by atoms with E-state index in [9.17, 15) is 4.79 Å².